The molecule has 0 unspecified atom stereocenters. The fourth-order valence-electron chi connectivity index (χ4n) is 2.28. The molecular weight excluding hydrogens is 362 g/mol. The van der Waals surface area contributed by atoms with Crippen molar-refractivity contribution < 1.29 is 22.6 Å². The topological polar surface area (TPSA) is 89.3 Å². The Hall–Kier alpha value is -2.61. The summed E-state index contributed by atoms with van der Waals surface area (Å²) in [5.41, 5.74) is 5.28. The van der Waals surface area contributed by atoms with E-state index >= 15 is 0 Å². The fourth-order valence-corrected chi connectivity index (χ4v) is 3.43. The molecule has 0 saturated heterocycles. The van der Waals surface area contributed by atoms with E-state index in [2.05, 4.69) is 5.32 Å². The number of nitrogens with one attached hydrogen (secondary N) is 1. The minimum Gasteiger partial charge on any atom is -0.368 e. The monoisotopic (exact) mass is 380 g/mol. The number of hydrogen-bond donors (Lipinski definition) is 2. The standard InChI is InChI=1S/C18H18F2N2O3S/c19-13-7-6-12(15(20)11-13)10-17(23)22-16(18(21)24)8-9-26(25)14-4-2-1-3-5-14/h1-7,11,16H,8-10H2,(H2,21,24)(H,22,23)/t16-,26-/m0/s1. The molecule has 2 amide bonds. The number of halogens is 2. The van der Waals surface area contributed by atoms with Gasteiger partial charge in [-0.3, -0.25) is 13.8 Å². The van der Waals surface area contributed by atoms with Gasteiger partial charge in [-0.15, -0.1) is 0 Å². The van der Waals surface area contributed by atoms with Crippen LogP contribution in [0.1, 0.15) is 12.0 Å². The Labute approximate surface area is 152 Å². The molecule has 138 valence electrons. The van der Waals surface area contributed by atoms with Crippen LogP contribution in [-0.4, -0.2) is 27.8 Å². The van der Waals surface area contributed by atoms with Crippen molar-refractivity contribution >= 4 is 22.6 Å². The molecule has 0 aromatic heterocycles. The van der Waals surface area contributed by atoms with E-state index in [1.165, 1.54) is 0 Å². The number of nitrogens with two attached hydrogens (primary N) is 1. The Kier molecular flexibility index (Phi) is 6.97. The van der Waals surface area contributed by atoms with Crippen LogP contribution in [0.5, 0.6) is 0 Å². The van der Waals surface area contributed by atoms with Crippen molar-refractivity contribution in [1.29, 1.82) is 0 Å². The lowest BCUT2D eigenvalue weighted by molar-refractivity contribution is -0.127. The van der Waals surface area contributed by atoms with E-state index in [9.17, 15) is 22.6 Å². The van der Waals surface area contributed by atoms with E-state index in [0.717, 1.165) is 12.1 Å². The summed E-state index contributed by atoms with van der Waals surface area (Å²) in [5.74, 6) is -2.87. The third kappa shape index (κ3) is 5.73. The highest BCUT2D eigenvalue weighted by atomic mass is 32.2. The first-order chi connectivity index (χ1) is 12.4. The summed E-state index contributed by atoms with van der Waals surface area (Å²) in [7, 11) is -1.34. The number of rotatable bonds is 8. The van der Waals surface area contributed by atoms with Crippen LogP contribution in [0.15, 0.2) is 53.4 Å². The van der Waals surface area contributed by atoms with E-state index in [-0.39, 0.29) is 24.2 Å². The van der Waals surface area contributed by atoms with Gasteiger partial charge in [0.15, 0.2) is 0 Å². The second-order valence-corrected chi connectivity index (χ2v) is 7.16. The van der Waals surface area contributed by atoms with Gasteiger partial charge < -0.3 is 11.1 Å². The van der Waals surface area contributed by atoms with Crippen LogP contribution in [0.3, 0.4) is 0 Å². The van der Waals surface area contributed by atoms with Crippen LogP contribution < -0.4 is 11.1 Å². The molecule has 0 spiro atoms. The van der Waals surface area contributed by atoms with Crippen LogP contribution in [0.4, 0.5) is 8.78 Å². The van der Waals surface area contributed by atoms with Crippen LogP contribution >= 0.6 is 0 Å². The third-order valence-corrected chi connectivity index (χ3v) is 5.05. The Bertz CT molecular complexity index is 815. The second-order valence-electron chi connectivity index (χ2n) is 5.59. The van der Waals surface area contributed by atoms with Gasteiger partial charge in [-0.1, -0.05) is 24.3 Å². The van der Waals surface area contributed by atoms with E-state index in [0.29, 0.717) is 11.0 Å². The van der Waals surface area contributed by atoms with Gasteiger partial charge in [0, 0.05) is 16.7 Å². The zero-order valence-electron chi connectivity index (χ0n) is 13.8. The van der Waals surface area contributed by atoms with Crippen LogP contribution in [0.25, 0.3) is 0 Å². The quantitative estimate of drug-likeness (QED) is 0.730. The highest BCUT2D eigenvalue weighted by Gasteiger charge is 2.20. The minimum atomic E-state index is -1.34. The maximum Gasteiger partial charge on any atom is 0.240 e. The molecule has 0 aliphatic heterocycles. The lowest BCUT2D eigenvalue weighted by Crippen LogP contribution is -2.45. The summed E-state index contributed by atoms with van der Waals surface area (Å²) in [6.45, 7) is 0. The minimum absolute atomic E-state index is 0.0000163. The second kappa shape index (κ2) is 9.19. The zero-order valence-corrected chi connectivity index (χ0v) is 14.6. The van der Waals surface area contributed by atoms with E-state index in [1.807, 2.05) is 0 Å². The summed E-state index contributed by atoms with van der Waals surface area (Å²) in [4.78, 5) is 24.2. The highest BCUT2D eigenvalue weighted by molar-refractivity contribution is 7.85. The van der Waals surface area contributed by atoms with Gasteiger partial charge in [-0.2, -0.15) is 0 Å². The molecule has 0 heterocycles. The first-order valence-corrected chi connectivity index (χ1v) is 9.14. The van der Waals surface area contributed by atoms with Crippen molar-refractivity contribution in [2.24, 2.45) is 5.73 Å². The number of hydrogen-bond acceptors (Lipinski definition) is 3. The largest absolute Gasteiger partial charge is 0.368 e. The molecule has 26 heavy (non-hydrogen) atoms. The molecule has 2 atom stereocenters. The Morgan fingerprint density at radius 2 is 1.81 bits per heavy atom. The molecule has 3 N–H and O–H groups in total. The SMILES string of the molecule is NC(=O)[C@H](CC[S@](=O)c1ccccc1)NC(=O)Cc1ccc(F)cc1F. The Morgan fingerprint density at radius 3 is 2.42 bits per heavy atom. The smallest absolute Gasteiger partial charge is 0.240 e. The molecule has 0 fully saturated rings. The molecule has 8 heteroatoms. The van der Waals surface area contributed by atoms with Gasteiger partial charge in [0.05, 0.1) is 17.2 Å². The highest BCUT2D eigenvalue weighted by Crippen LogP contribution is 2.11. The average molecular weight is 380 g/mol. The predicted molar refractivity (Wildman–Crippen MR) is 93.5 cm³/mol. The number of primary amides is 1. The van der Waals surface area contributed by atoms with Gasteiger partial charge in [0.2, 0.25) is 11.8 Å². The molecule has 0 bridgehead atoms. The van der Waals surface area contributed by atoms with Gasteiger partial charge in [-0.05, 0) is 30.2 Å². The summed E-state index contributed by atoms with van der Waals surface area (Å²) < 4.78 is 38.7. The van der Waals surface area contributed by atoms with Gasteiger partial charge >= 0.3 is 0 Å². The van der Waals surface area contributed by atoms with Crippen molar-refractivity contribution in [3.63, 3.8) is 0 Å². The number of amides is 2. The van der Waals surface area contributed by atoms with Crippen molar-refractivity contribution in [2.75, 3.05) is 5.75 Å². The van der Waals surface area contributed by atoms with Crippen LogP contribution in [0.2, 0.25) is 0 Å². The maximum atomic E-state index is 13.6. The first-order valence-electron chi connectivity index (χ1n) is 7.83. The zero-order chi connectivity index (χ0) is 19.1. The molecule has 2 aromatic rings. The number of carbonyl (C=O) groups is 2. The first kappa shape index (κ1) is 19.7. The van der Waals surface area contributed by atoms with Gasteiger partial charge in [0.25, 0.3) is 0 Å². The predicted octanol–water partition coefficient (Wildman–Crippen LogP) is 1.68. The van der Waals surface area contributed by atoms with Crippen LogP contribution in [0, 0.1) is 11.6 Å². The Morgan fingerprint density at radius 1 is 1.12 bits per heavy atom. The molecule has 0 radical (unpaired) electrons. The lowest BCUT2D eigenvalue weighted by Gasteiger charge is -2.15. The van der Waals surface area contributed by atoms with Crippen molar-refractivity contribution in [2.45, 2.75) is 23.8 Å². The summed E-state index contributed by atoms with van der Waals surface area (Å²) in [6.07, 6.45) is -0.286. The Balaban J connectivity index is 1.93. The van der Waals surface area contributed by atoms with Crippen LogP contribution in [-0.2, 0) is 26.8 Å². The van der Waals surface area contributed by atoms with E-state index in [4.69, 9.17) is 5.73 Å². The van der Waals surface area contributed by atoms with Crippen molar-refractivity contribution in [3.05, 3.63) is 65.7 Å². The number of benzene rings is 2. The molecule has 0 aliphatic carbocycles. The molecule has 2 aromatic carbocycles. The maximum absolute atomic E-state index is 13.6. The van der Waals surface area contributed by atoms with Crippen molar-refractivity contribution in [3.8, 4) is 0 Å². The molecule has 2 rings (SSSR count). The van der Waals surface area contributed by atoms with Gasteiger partial charge in [0.1, 0.15) is 17.7 Å². The van der Waals surface area contributed by atoms with Gasteiger partial charge in [-0.25, -0.2) is 8.78 Å². The molecule has 5 nitrogen and oxygen atoms in total. The van der Waals surface area contributed by atoms with E-state index < -0.39 is 40.3 Å². The molecule has 0 aliphatic rings. The number of carbonyl (C=O) groups excluding carboxylic acids is 2. The molecular formula is C18H18F2N2O3S. The normalized spacial score (nSPS) is 13.0. The summed E-state index contributed by atoms with van der Waals surface area (Å²) in [6, 6.07) is 10.5. The van der Waals surface area contributed by atoms with Crippen molar-refractivity contribution in [1.82, 2.24) is 5.32 Å². The fraction of sp³-hybridized carbons (Fsp3) is 0.222. The lowest BCUT2D eigenvalue weighted by atomic mass is 10.1. The molecule has 0 saturated carbocycles. The average Bonchev–Trinajstić information content (AvgIpc) is 2.61. The summed E-state index contributed by atoms with van der Waals surface area (Å²) >= 11 is 0. The van der Waals surface area contributed by atoms with E-state index in [1.54, 1.807) is 30.3 Å². The third-order valence-electron chi connectivity index (χ3n) is 3.64. The summed E-state index contributed by atoms with van der Waals surface area (Å²) in [5, 5.41) is 2.41.